The summed E-state index contributed by atoms with van der Waals surface area (Å²) in [7, 11) is 0. The van der Waals surface area contributed by atoms with Crippen molar-refractivity contribution in [2.24, 2.45) is 5.41 Å². The second-order valence-corrected chi connectivity index (χ2v) is 5.06. The third-order valence-corrected chi connectivity index (χ3v) is 2.18. The Balaban J connectivity index is 2.81. The molecule has 15 heavy (non-hydrogen) atoms. The van der Waals surface area contributed by atoms with Crippen LogP contribution in [0.5, 0.6) is 0 Å². The number of hydrogen-bond acceptors (Lipinski definition) is 2. The summed E-state index contributed by atoms with van der Waals surface area (Å²) in [5.74, 6) is 0. The molecule has 0 amide bonds. The molecule has 1 aromatic rings. The number of hydrogen-bond donors (Lipinski definition) is 1. The Morgan fingerprint density at radius 3 is 2.53 bits per heavy atom. The molecule has 0 bridgehead atoms. The van der Waals surface area contributed by atoms with Crippen molar-refractivity contribution in [2.75, 3.05) is 11.9 Å². The number of nitrogens with zero attached hydrogens (tertiary/aromatic N) is 1. The largest absolute Gasteiger partial charge is 0.384 e. The van der Waals surface area contributed by atoms with Gasteiger partial charge in [0.05, 0.1) is 11.6 Å². The maximum absolute atomic E-state index is 8.80. The van der Waals surface area contributed by atoms with Crippen LogP contribution in [0.4, 0.5) is 5.69 Å². The molecule has 0 aliphatic heterocycles. The molecule has 0 radical (unpaired) electrons. The third kappa shape index (κ3) is 3.63. The van der Waals surface area contributed by atoms with E-state index in [0.717, 1.165) is 12.2 Å². The van der Waals surface area contributed by atoms with Gasteiger partial charge in [-0.05, 0) is 30.0 Å². The molecule has 0 unspecified atom stereocenters. The van der Waals surface area contributed by atoms with E-state index >= 15 is 0 Å². The molecule has 0 aliphatic rings. The number of anilines is 1. The van der Waals surface area contributed by atoms with Crippen molar-refractivity contribution < 1.29 is 0 Å². The summed E-state index contributed by atoms with van der Waals surface area (Å²) < 4.78 is 0. The van der Waals surface area contributed by atoms with Gasteiger partial charge in [-0.2, -0.15) is 5.26 Å². The topological polar surface area (TPSA) is 35.8 Å². The van der Waals surface area contributed by atoms with Crippen molar-refractivity contribution in [3.63, 3.8) is 0 Å². The van der Waals surface area contributed by atoms with Crippen LogP contribution in [0.25, 0.3) is 0 Å². The zero-order valence-corrected chi connectivity index (χ0v) is 9.89. The zero-order chi connectivity index (χ0) is 11.5. The Morgan fingerprint density at radius 2 is 2.00 bits per heavy atom. The normalized spacial score (nSPS) is 10.9. The van der Waals surface area contributed by atoms with E-state index in [1.165, 1.54) is 5.56 Å². The van der Waals surface area contributed by atoms with Gasteiger partial charge in [0, 0.05) is 12.2 Å². The number of aryl methyl sites for hydroxylation is 1. The lowest BCUT2D eigenvalue weighted by Crippen LogP contribution is -2.19. The van der Waals surface area contributed by atoms with Crippen LogP contribution in [0.1, 0.15) is 31.9 Å². The first-order chi connectivity index (χ1) is 6.92. The maximum atomic E-state index is 8.80. The molecule has 0 aliphatic carbocycles. The van der Waals surface area contributed by atoms with Crippen LogP contribution >= 0.6 is 0 Å². The molecule has 0 saturated carbocycles. The highest BCUT2D eigenvalue weighted by Gasteiger charge is 2.10. The molecule has 1 N–H and O–H groups in total. The molecule has 0 spiro atoms. The molecular weight excluding hydrogens is 184 g/mol. The Bertz CT molecular complexity index is 381. The fourth-order valence-corrected chi connectivity index (χ4v) is 1.24. The van der Waals surface area contributed by atoms with E-state index < -0.39 is 0 Å². The van der Waals surface area contributed by atoms with Crippen molar-refractivity contribution in [2.45, 2.75) is 27.7 Å². The van der Waals surface area contributed by atoms with Gasteiger partial charge in [-0.25, -0.2) is 0 Å². The molecule has 0 aromatic heterocycles. The van der Waals surface area contributed by atoms with Gasteiger partial charge in [0.25, 0.3) is 0 Å². The molecule has 0 saturated heterocycles. The highest BCUT2D eigenvalue weighted by molar-refractivity contribution is 5.55. The first kappa shape index (κ1) is 11.6. The van der Waals surface area contributed by atoms with E-state index in [9.17, 15) is 0 Å². The minimum atomic E-state index is 0.245. The standard InChI is InChI=1S/C13H18N2/c1-10-5-6-11(8-14)7-12(10)15-9-13(2,3)4/h5-7,15H,9H2,1-4H3. The summed E-state index contributed by atoms with van der Waals surface area (Å²) in [6, 6.07) is 7.88. The van der Waals surface area contributed by atoms with Gasteiger partial charge >= 0.3 is 0 Å². The van der Waals surface area contributed by atoms with Gasteiger partial charge in [-0.1, -0.05) is 26.8 Å². The first-order valence-corrected chi connectivity index (χ1v) is 5.17. The zero-order valence-electron chi connectivity index (χ0n) is 9.89. The lowest BCUT2D eigenvalue weighted by atomic mass is 9.96. The molecule has 1 rings (SSSR count). The van der Waals surface area contributed by atoms with E-state index in [0.29, 0.717) is 5.56 Å². The Labute approximate surface area is 91.9 Å². The summed E-state index contributed by atoms with van der Waals surface area (Å²) in [6.07, 6.45) is 0. The fraction of sp³-hybridized carbons (Fsp3) is 0.462. The molecule has 0 atom stereocenters. The molecule has 2 heteroatoms. The van der Waals surface area contributed by atoms with Gasteiger partial charge in [-0.15, -0.1) is 0 Å². The second kappa shape index (κ2) is 4.35. The summed E-state index contributed by atoms with van der Waals surface area (Å²) in [4.78, 5) is 0. The van der Waals surface area contributed by atoms with Crippen molar-refractivity contribution in [3.05, 3.63) is 29.3 Å². The number of nitrogens with one attached hydrogen (secondary N) is 1. The average Bonchev–Trinajstić information content (AvgIpc) is 2.15. The molecule has 1 aromatic carbocycles. The van der Waals surface area contributed by atoms with Crippen molar-refractivity contribution in [1.82, 2.24) is 0 Å². The summed E-state index contributed by atoms with van der Waals surface area (Å²) in [6.45, 7) is 9.51. The van der Waals surface area contributed by atoms with Crippen LogP contribution < -0.4 is 5.32 Å². The van der Waals surface area contributed by atoms with Gasteiger partial charge in [0.2, 0.25) is 0 Å². The molecular formula is C13H18N2. The minimum Gasteiger partial charge on any atom is -0.384 e. The van der Waals surface area contributed by atoms with Crippen LogP contribution in [-0.2, 0) is 0 Å². The molecule has 2 nitrogen and oxygen atoms in total. The van der Waals surface area contributed by atoms with E-state index in [2.05, 4.69) is 32.2 Å². The summed E-state index contributed by atoms with van der Waals surface area (Å²) in [5.41, 5.74) is 3.19. The van der Waals surface area contributed by atoms with Crippen molar-refractivity contribution in [3.8, 4) is 6.07 Å². The molecule has 0 fully saturated rings. The number of rotatable bonds is 2. The van der Waals surface area contributed by atoms with Crippen molar-refractivity contribution >= 4 is 5.69 Å². The monoisotopic (exact) mass is 202 g/mol. The van der Waals surface area contributed by atoms with E-state index in [4.69, 9.17) is 5.26 Å². The van der Waals surface area contributed by atoms with Crippen LogP contribution in [0.2, 0.25) is 0 Å². The highest BCUT2D eigenvalue weighted by Crippen LogP contribution is 2.19. The van der Waals surface area contributed by atoms with E-state index in [-0.39, 0.29) is 5.41 Å². The maximum Gasteiger partial charge on any atom is 0.0992 e. The van der Waals surface area contributed by atoms with Crippen molar-refractivity contribution in [1.29, 1.82) is 5.26 Å². The summed E-state index contributed by atoms with van der Waals surface area (Å²) in [5, 5.41) is 12.2. The van der Waals surface area contributed by atoms with Gasteiger partial charge < -0.3 is 5.32 Å². The van der Waals surface area contributed by atoms with Crippen LogP contribution in [0.15, 0.2) is 18.2 Å². The van der Waals surface area contributed by atoms with Gasteiger partial charge in [-0.3, -0.25) is 0 Å². The molecule has 0 heterocycles. The summed E-state index contributed by atoms with van der Waals surface area (Å²) >= 11 is 0. The van der Waals surface area contributed by atoms with Gasteiger partial charge in [0.1, 0.15) is 0 Å². The average molecular weight is 202 g/mol. The quantitative estimate of drug-likeness (QED) is 0.798. The Hall–Kier alpha value is -1.49. The SMILES string of the molecule is Cc1ccc(C#N)cc1NCC(C)(C)C. The lowest BCUT2D eigenvalue weighted by Gasteiger charge is -2.20. The lowest BCUT2D eigenvalue weighted by molar-refractivity contribution is 0.443. The Morgan fingerprint density at radius 1 is 1.33 bits per heavy atom. The minimum absolute atomic E-state index is 0.245. The first-order valence-electron chi connectivity index (χ1n) is 5.17. The highest BCUT2D eigenvalue weighted by atomic mass is 14.9. The second-order valence-electron chi connectivity index (χ2n) is 5.06. The van der Waals surface area contributed by atoms with E-state index in [1.807, 2.05) is 25.1 Å². The third-order valence-electron chi connectivity index (χ3n) is 2.18. The Kier molecular flexibility index (Phi) is 3.36. The van der Waals surface area contributed by atoms with Crippen LogP contribution in [0, 0.1) is 23.7 Å². The van der Waals surface area contributed by atoms with Crippen LogP contribution in [-0.4, -0.2) is 6.54 Å². The number of benzene rings is 1. The van der Waals surface area contributed by atoms with Gasteiger partial charge in [0.15, 0.2) is 0 Å². The predicted octanol–water partition coefficient (Wildman–Crippen LogP) is 3.32. The van der Waals surface area contributed by atoms with Crippen LogP contribution in [0.3, 0.4) is 0 Å². The smallest absolute Gasteiger partial charge is 0.0992 e. The predicted molar refractivity (Wildman–Crippen MR) is 63.8 cm³/mol. The molecule has 80 valence electrons. The fourth-order valence-electron chi connectivity index (χ4n) is 1.24. The number of nitriles is 1. The van der Waals surface area contributed by atoms with E-state index in [1.54, 1.807) is 0 Å².